The minimum atomic E-state index is 0.381. The molecule has 104 valence electrons. The van der Waals surface area contributed by atoms with Gasteiger partial charge in [0.25, 0.3) is 5.89 Å². The molecule has 0 spiro atoms. The fraction of sp³-hybridized carbons (Fsp3) is 0.417. The first-order valence-corrected chi connectivity index (χ1v) is 6.24. The van der Waals surface area contributed by atoms with Gasteiger partial charge in [-0.25, -0.2) is 0 Å². The molecular weight excluding hydrogens is 260 g/mol. The van der Waals surface area contributed by atoms with Crippen LogP contribution in [0.25, 0.3) is 11.6 Å². The third-order valence-corrected chi connectivity index (χ3v) is 3.06. The molecule has 3 aromatic rings. The zero-order chi connectivity index (χ0) is 14.1. The highest BCUT2D eigenvalue weighted by atomic mass is 16.5. The Morgan fingerprint density at radius 3 is 2.65 bits per heavy atom. The molecular formula is C12H14N6O2. The average Bonchev–Trinajstić information content (AvgIpc) is 3.10. The van der Waals surface area contributed by atoms with Crippen molar-refractivity contribution >= 4 is 0 Å². The van der Waals surface area contributed by atoms with Gasteiger partial charge in [0.1, 0.15) is 5.76 Å². The fourth-order valence-electron chi connectivity index (χ4n) is 1.99. The van der Waals surface area contributed by atoms with Crippen molar-refractivity contribution in [2.45, 2.75) is 26.7 Å². The predicted octanol–water partition coefficient (Wildman–Crippen LogP) is 1.26. The molecule has 0 saturated heterocycles. The highest BCUT2D eigenvalue weighted by Gasteiger charge is 2.14. The minimum absolute atomic E-state index is 0.381. The molecule has 0 aromatic carbocycles. The summed E-state index contributed by atoms with van der Waals surface area (Å²) >= 11 is 0. The Kier molecular flexibility index (Phi) is 3.05. The summed E-state index contributed by atoms with van der Waals surface area (Å²) in [4.78, 5) is 0. The normalized spacial score (nSPS) is 11.2. The molecule has 8 heteroatoms. The van der Waals surface area contributed by atoms with Crippen LogP contribution in [0.3, 0.4) is 0 Å². The Morgan fingerprint density at radius 1 is 1.15 bits per heavy atom. The standard InChI is InChI=1S/C12H14N6O2/c1-7-9(8(2)20-16-7)4-5-11-14-15-12(19-11)10-6-18(3)17-13-10/h6H,4-5H2,1-3H3. The van der Waals surface area contributed by atoms with Crippen LogP contribution < -0.4 is 0 Å². The van der Waals surface area contributed by atoms with Gasteiger partial charge in [0.15, 0.2) is 5.69 Å². The number of rotatable bonds is 4. The average molecular weight is 274 g/mol. The van der Waals surface area contributed by atoms with Gasteiger partial charge in [0, 0.05) is 19.0 Å². The Bertz CT molecular complexity index is 706. The first-order chi connectivity index (χ1) is 9.63. The molecule has 0 amide bonds. The molecule has 0 atom stereocenters. The summed E-state index contributed by atoms with van der Waals surface area (Å²) in [6.07, 6.45) is 3.12. The van der Waals surface area contributed by atoms with Gasteiger partial charge in [-0.05, 0) is 20.3 Å². The molecule has 0 unspecified atom stereocenters. The van der Waals surface area contributed by atoms with Gasteiger partial charge in [-0.3, -0.25) is 4.68 Å². The monoisotopic (exact) mass is 274 g/mol. The van der Waals surface area contributed by atoms with E-state index in [0.717, 1.165) is 23.4 Å². The van der Waals surface area contributed by atoms with Gasteiger partial charge in [-0.2, -0.15) is 0 Å². The summed E-state index contributed by atoms with van der Waals surface area (Å²) < 4.78 is 12.3. The first-order valence-electron chi connectivity index (χ1n) is 6.24. The third kappa shape index (κ3) is 2.31. The highest BCUT2D eigenvalue weighted by molar-refractivity contribution is 5.42. The lowest BCUT2D eigenvalue weighted by molar-refractivity contribution is 0.392. The number of aromatic nitrogens is 6. The van der Waals surface area contributed by atoms with Crippen LogP contribution in [0.1, 0.15) is 22.9 Å². The van der Waals surface area contributed by atoms with Gasteiger partial charge in [-0.15, -0.1) is 15.3 Å². The van der Waals surface area contributed by atoms with Crippen molar-refractivity contribution in [2.75, 3.05) is 0 Å². The zero-order valence-corrected chi connectivity index (χ0v) is 11.5. The van der Waals surface area contributed by atoms with Crippen molar-refractivity contribution in [1.82, 2.24) is 30.3 Å². The molecule has 3 heterocycles. The maximum absolute atomic E-state index is 5.57. The predicted molar refractivity (Wildman–Crippen MR) is 67.7 cm³/mol. The van der Waals surface area contributed by atoms with E-state index in [9.17, 15) is 0 Å². The Balaban J connectivity index is 1.72. The quantitative estimate of drug-likeness (QED) is 0.706. The summed E-state index contributed by atoms with van der Waals surface area (Å²) in [7, 11) is 1.78. The highest BCUT2D eigenvalue weighted by Crippen LogP contribution is 2.17. The maximum Gasteiger partial charge on any atom is 0.269 e. The summed E-state index contributed by atoms with van der Waals surface area (Å²) in [6.45, 7) is 3.82. The van der Waals surface area contributed by atoms with E-state index in [0.29, 0.717) is 23.9 Å². The van der Waals surface area contributed by atoms with Gasteiger partial charge < -0.3 is 8.94 Å². The van der Waals surface area contributed by atoms with E-state index in [4.69, 9.17) is 8.94 Å². The van der Waals surface area contributed by atoms with Crippen LogP contribution in [0.4, 0.5) is 0 Å². The molecule has 0 aliphatic rings. The molecule has 0 saturated carbocycles. The zero-order valence-electron chi connectivity index (χ0n) is 11.5. The lowest BCUT2D eigenvalue weighted by atomic mass is 10.1. The Hall–Kier alpha value is -2.51. The molecule has 0 fully saturated rings. The number of aryl methyl sites for hydroxylation is 4. The molecule has 0 radical (unpaired) electrons. The molecule has 20 heavy (non-hydrogen) atoms. The van der Waals surface area contributed by atoms with E-state index in [1.165, 1.54) is 0 Å². The molecule has 8 nitrogen and oxygen atoms in total. The van der Waals surface area contributed by atoms with Crippen molar-refractivity contribution in [2.24, 2.45) is 7.05 Å². The second-order valence-electron chi connectivity index (χ2n) is 4.58. The number of hydrogen-bond donors (Lipinski definition) is 0. The van der Waals surface area contributed by atoms with Crippen molar-refractivity contribution in [3.63, 3.8) is 0 Å². The van der Waals surface area contributed by atoms with E-state index in [1.807, 2.05) is 13.8 Å². The third-order valence-electron chi connectivity index (χ3n) is 3.06. The van der Waals surface area contributed by atoms with Gasteiger partial charge in [0.05, 0.1) is 11.9 Å². The van der Waals surface area contributed by atoms with Crippen LogP contribution in [0.2, 0.25) is 0 Å². The van der Waals surface area contributed by atoms with Crippen LogP contribution in [-0.2, 0) is 19.9 Å². The lowest BCUT2D eigenvalue weighted by Crippen LogP contribution is -1.94. The summed E-state index contributed by atoms with van der Waals surface area (Å²) in [6, 6.07) is 0. The van der Waals surface area contributed by atoms with Crippen LogP contribution in [0.15, 0.2) is 15.1 Å². The van der Waals surface area contributed by atoms with E-state index in [1.54, 1.807) is 17.9 Å². The second kappa shape index (κ2) is 4.87. The molecule has 0 aliphatic heterocycles. The maximum atomic E-state index is 5.57. The van der Waals surface area contributed by atoms with Crippen molar-refractivity contribution < 1.29 is 8.94 Å². The fourth-order valence-corrected chi connectivity index (χ4v) is 1.99. The smallest absolute Gasteiger partial charge is 0.269 e. The van der Waals surface area contributed by atoms with Crippen LogP contribution >= 0.6 is 0 Å². The molecule has 0 N–H and O–H groups in total. The van der Waals surface area contributed by atoms with Crippen molar-refractivity contribution in [3.05, 3.63) is 29.1 Å². The SMILES string of the molecule is Cc1noc(C)c1CCc1nnc(-c2cn(C)nn2)o1. The Labute approximate surface area is 114 Å². The van der Waals surface area contributed by atoms with Crippen molar-refractivity contribution in [1.29, 1.82) is 0 Å². The molecule has 3 rings (SSSR count). The molecule has 3 aromatic heterocycles. The van der Waals surface area contributed by atoms with Gasteiger partial charge in [0.2, 0.25) is 5.89 Å². The van der Waals surface area contributed by atoms with Crippen LogP contribution in [-0.4, -0.2) is 30.3 Å². The molecule has 0 aliphatic carbocycles. The van der Waals surface area contributed by atoms with Crippen LogP contribution in [0, 0.1) is 13.8 Å². The second-order valence-corrected chi connectivity index (χ2v) is 4.58. The van der Waals surface area contributed by atoms with Crippen LogP contribution in [0.5, 0.6) is 0 Å². The number of nitrogens with zero attached hydrogens (tertiary/aromatic N) is 6. The van der Waals surface area contributed by atoms with E-state index >= 15 is 0 Å². The topological polar surface area (TPSA) is 95.7 Å². The summed E-state index contributed by atoms with van der Waals surface area (Å²) in [5.74, 6) is 1.77. The van der Waals surface area contributed by atoms with E-state index in [-0.39, 0.29) is 0 Å². The lowest BCUT2D eigenvalue weighted by Gasteiger charge is -1.95. The van der Waals surface area contributed by atoms with Gasteiger partial charge >= 0.3 is 0 Å². The number of hydrogen-bond acceptors (Lipinski definition) is 7. The van der Waals surface area contributed by atoms with Gasteiger partial charge in [-0.1, -0.05) is 10.4 Å². The minimum Gasteiger partial charge on any atom is -0.419 e. The Morgan fingerprint density at radius 2 is 2.00 bits per heavy atom. The summed E-state index contributed by atoms with van der Waals surface area (Å²) in [5.41, 5.74) is 2.56. The van der Waals surface area contributed by atoms with E-state index < -0.39 is 0 Å². The van der Waals surface area contributed by atoms with Crippen molar-refractivity contribution in [3.8, 4) is 11.6 Å². The molecule has 0 bridgehead atoms. The van der Waals surface area contributed by atoms with E-state index in [2.05, 4.69) is 25.7 Å². The largest absolute Gasteiger partial charge is 0.419 e. The summed E-state index contributed by atoms with van der Waals surface area (Å²) in [5, 5.41) is 19.7. The first kappa shape index (κ1) is 12.5.